The number of halogens is 2. The average Bonchev–Trinajstić information content (AvgIpc) is 1.84. The van der Waals surface area contributed by atoms with Crippen molar-refractivity contribution in [1.29, 1.82) is 0 Å². The zero-order valence-corrected chi connectivity index (χ0v) is 8.24. The molecule has 66 valence electrons. The largest absolute Gasteiger partial charge is 0.129 e. The van der Waals surface area contributed by atoms with E-state index >= 15 is 0 Å². The van der Waals surface area contributed by atoms with Gasteiger partial charge in [-0.25, -0.2) is 0 Å². The molecule has 0 N–H and O–H groups in total. The predicted octanol–water partition coefficient (Wildman–Crippen LogP) is 3.71. The van der Waals surface area contributed by atoms with Gasteiger partial charge in [0.15, 0.2) is 0 Å². The van der Waals surface area contributed by atoms with Crippen molar-refractivity contribution in [2.24, 2.45) is 0 Å². The maximum atomic E-state index is 5.68. The molecule has 0 atom stereocenters. The predicted molar refractivity (Wildman–Crippen MR) is 49.7 cm³/mol. The van der Waals surface area contributed by atoms with Crippen LogP contribution in [-0.2, 0) is 0 Å². The van der Waals surface area contributed by atoms with Crippen LogP contribution in [0, 0.1) is 0 Å². The normalized spacial score (nSPS) is 23.2. The molecule has 0 aliphatic heterocycles. The Labute approximate surface area is 78.9 Å². The summed E-state index contributed by atoms with van der Waals surface area (Å²) in [6.45, 7) is 0. The van der Waals surface area contributed by atoms with Crippen LogP contribution in [0.25, 0.3) is 0 Å². The second kappa shape index (κ2) is 5.23. The van der Waals surface area contributed by atoms with Crippen LogP contribution in [0.3, 0.4) is 0 Å². The Morgan fingerprint density at radius 1 is 0.818 bits per heavy atom. The van der Waals surface area contributed by atoms with E-state index in [0.29, 0.717) is 6.04 Å². The average molecular weight is 196 g/mol. The maximum Gasteiger partial charge on any atom is 0.0416 e. The van der Waals surface area contributed by atoms with Gasteiger partial charge in [0.25, 0.3) is 0 Å². The zero-order valence-electron chi connectivity index (χ0n) is 6.73. The minimum atomic E-state index is 0.402. The molecule has 0 amide bonds. The lowest BCUT2D eigenvalue weighted by Gasteiger charge is -2.21. The highest BCUT2D eigenvalue weighted by Gasteiger charge is 2.15. The van der Waals surface area contributed by atoms with E-state index in [9.17, 15) is 0 Å². The van der Waals surface area contributed by atoms with Crippen molar-refractivity contribution >= 4 is 23.6 Å². The first-order valence-corrected chi connectivity index (χ1v) is 5.09. The van der Waals surface area contributed by atoms with E-state index in [0.717, 1.165) is 12.8 Å². The van der Waals surface area contributed by atoms with Gasteiger partial charge in [0.2, 0.25) is 0 Å². The molecule has 0 aromatic carbocycles. The first-order valence-electron chi connectivity index (χ1n) is 4.41. The van der Waals surface area contributed by atoms with Crippen molar-refractivity contribution in [3.63, 3.8) is 0 Å². The Kier molecular flexibility index (Phi) is 4.58. The first-order chi connectivity index (χ1) is 5.30. The van der Waals surface area contributed by atoms with E-state index in [4.69, 9.17) is 23.6 Å². The third kappa shape index (κ3) is 3.64. The molecule has 1 rings (SSSR count). The fourth-order valence-electron chi connectivity index (χ4n) is 1.63. The van der Waals surface area contributed by atoms with Crippen LogP contribution in [0.4, 0.5) is 0 Å². The number of nitrogens with zero attached hydrogens (tertiary/aromatic N) is 1. The van der Waals surface area contributed by atoms with Crippen LogP contribution in [0.1, 0.15) is 44.9 Å². The van der Waals surface area contributed by atoms with E-state index in [1.165, 1.54) is 36.0 Å². The molecular formula is C8H15Cl2N. The molecule has 0 aromatic rings. The van der Waals surface area contributed by atoms with Gasteiger partial charge in [0.05, 0.1) is 0 Å². The first kappa shape index (κ1) is 9.63. The molecule has 11 heavy (non-hydrogen) atoms. The zero-order chi connectivity index (χ0) is 8.10. The number of hydrogen-bond donors (Lipinski definition) is 0. The Morgan fingerprint density at radius 2 is 1.27 bits per heavy atom. The fourth-order valence-corrected chi connectivity index (χ4v) is 2.02. The van der Waals surface area contributed by atoms with E-state index in [1.54, 1.807) is 0 Å². The Balaban J connectivity index is 2.26. The molecule has 0 radical (unpaired) electrons. The van der Waals surface area contributed by atoms with E-state index in [2.05, 4.69) is 0 Å². The van der Waals surface area contributed by atoms with Gasteiger partial charge in [-0.15, -0.1) is 3.94 Å². The molecule has 1 nitrogen and oxygen atoms in total. The third-order valence-corrected chi connectivity index (χ3v) is 2.90. The molecule has 1 fully saturated rings. The number of hydrogen-bond acceptors (Lipinski definition) is 1. The van der Waals surface area contributed by atoms with E-state index < -0.39 is 0 Å². The standard InChI is InChI=1S/C8H15Cl2N/c9-11(10)8-6-4-2-1-3-5-7-8/h8H,1-7H2. The summed E-state index contributed by atoms with van der Waals surface area (Å²) < 4.78 is 1.34. The molecule has 0 saturated heterocycles. The van der Waals surface area contributed by atoms with Crippen molar-refractivity contribution in [3.05, 3.63) is 0 Å². The third-order valence-electron chi connectivity index (χ3n) is 2.35. The summed E-state index contributed by atoms with van der Waals surface area (Å²) in [5.41, 5.74) is 0. The van der Waals surface area contributed by atoms with Gasteiger partial charge in [-0.3, -0.25) is 0 Å². The molecule has 3 heteroatoms. The van der Waals surface area contributed by atoms with Crippen molar-refractivity contribution < 1.29 is 0 Å². The minimum absolute atomic E-state index is 0.402. The summed E-state index contributed by atoms with van der Waals surface area (Å²) in [5, 5.41) is 0. The highest BCUT2D eigenvalue weighted by Crippen LogP contribution is 2.23. The maximum absolute atomic E-state index is 5.68. The number of rotatable bonds is 1. The minimum Gasteiger partial charge on any atom is -0.129 e. The molecule has 0 bridgehead atoms. The van der Waals surface area contributed by atoms with Gasteiger partial charge in [0, 0.05) is 6.04 Å². The van der Waals surface area contributed by atoms with Crippen LogP contribution in [0.2, 0.25) is 0 Å². The molecule has 1 saturated carbocycles. The molecule has 1 aliphatic carbocycles. The van der Waals surface area contributed by atoms with Crippen LogP contribution < -0.4 is 0 Å². The van der Waals surface area contributed by atoms with Crippen molar-refractivity contribution in [1.82, 2.24) is 3.94 Å². The van der Waals surface area contributed by atoms with Gasteiger partial charge < -0.3 is 0 Å². The van der Waals surface area contributed by atoms with Gasteiger partial charge >= 0.3 is 0 Å². The molecule has 1 aliphatic rings. The molecule has 0 unspecified atom stereocenters. The van der Waals surface area contributed by atoms with Crippen LogP contribution in [0.5, 0.6) is 0 Å². The van der Waals surface area contributed by atoms with E-state index in [1.807, 2.05) is 0 Å². The Hall–Kier alpha value is 0.540. The SMILES string of the molecule is ClN(Cl)C1CCCCCCC1. The van der Waals surface area contributed by atoms with Crippen LogP contribution in [0.15, 0.2) is 0 Å². The topological polar surface area (TPSA) is 3.24 Å². The Bertz CT molecular complexity index is 98.3. The summed E-state index contributed by atoms with van der Waals surface area (Å²) in [6.07, 6.45) is 8.95. The van der Waals surface area contributed by atoms with Crippen LogP contribution in [-0.4, -0.2) is 9.98 Å². The molecule has 0 heterocycles. The second-order valence-electron chi connectivity index (χ2n) is 3.26. The lowest BCUT2D eigenvalue weighted by atomic mass is 9.97. The smallest absolute Gasteiger partial charge is 0.0416 e. The summed E-state index contributed by atoms with van der Waals surface area (Å²) >= 11 is 11.4. The summed E-state index contributed by atoms with van der Waals surface area (Å²) in [4.78, 5) is 0. The summed E-state index contributed by atoms with van der Waals surface area (Å²) in [7, 11) is 0. The molecular weight excluding hydrogens is 181 g/mol. The molecule has 0 aromatic heterocycles. The van der Waals surface area contributed by atoms with Gasteiger partial charge in [-0.05, 0) is 36.4 Å². The lowest BCUT2D eigenvalue weighted by molar-refractivity contribution is 0.368. The highest BCUT2D eigenvalue weighted by atomic mass is 35.5. The van der Waals surface area contributed by atoms with Crippen LogP contribution >= 0.6 is 23.6 Å². The van der Waals surface area contributed by atoms with Crippen molar-refractivity contribution in [2.75, 3.05) is 0 Å². The molecule has 0 spiro atoms. The second-order valence-corrected chi connectivity index (χ2v) is 4.16. The fraction of sp³-hybridized carbons (Fsp3) is 1.00. The summed E-state index contributed by atoms with van der Waals surface area (Å²) in [6, 6.07) is 0.402. The monoisotopic (exact) mass is 195 g/mol. The highest BCUT2D eigenvalue weighted by molar-refractivity contribution is 6.33. The lowest BCUT2D eigenvalue weighted by Crippen LogP contribution is -2.20. The quantitative estimate of drug-likeness (QED) is 0.578. The summed E-state index contributed by atoms with van der Waals surface area (Å²) in [5.74, 6) is 0. The van der Waals surface area contributed by atoms with E-state index in [-0.39, 0.29) is 0 Å². The van der Waals surface area contributed by atoms with Gasteiger partial charge in [-0.2, -0.15) is 0 Å². The Morgan fingerprint density at radius 3 is 1.73 bits per heavy atom. The van der Waals surface area contributed by atoms with Crippen molar-refractivity contribution in [3.8, 4) is 0 Å². The van der Waals surface area contributed by atoms with Gasteiger partial charge in [-0.1, -0.05) is 32.1 Å². The van der Waals surface area contributed by atoms with Crippen molar-refractivity contribution in [2.45, 2.75) is 51.0 Å². The van der Waals surface area contributed by atoms with Gasteiger partial charge in [0.1, 0.15) is 0 Å².